The van der Waals surface area contributed by atoms with Gasteiger partial charge >= 0.3 is 5.97 Å². The second-order valence-electron chi connectivity index (χ2n) is 6.67. The Morgan fingerprint density at radius 1 is 1.14 bits per heavy atom. The maximum atomic E-state index is 12.3. The lowest BCUT2D eigenvalue weighted by atomic mass is 10.0. The summed E-state index contributed by atoms with van der Waals surface area (Å²) in [5.74, 6) is -0.0918. The molecular formula is C17H19NO3. The van der Waals surface area contributed by atoms with Gasteiger partial charge in [0.05, 0.1) is 5.92 Å². The zero-order valence-corrected chi connectivity index (χ0v) is 11.8. The van der Waals surface area contributed by atoms with E-state index in [0.717, 1.165) is 6.42 Å². The van der Waals surface area contributed by atoms with Gasteiger partial charge in [0.25, 0.3) is 0 Å². The van der Waals surface area contributed by atoms with Crippen molar-refractivity contribution < 1.29 is 14.7 Å². The van der Waals surface area contributed by atoms with Crippen LogP contribution in [-0.4, -0.2) is 23.0 Å². The molecule has 4 heteroatoms. The van der Waals surface area contributed by atoms with Crippen molar-refractivity contribution in [3.8, 4) is 0 Å². The van der Waals surface area contributed by atoms with E-state index in [2.05, 4.69) is 29.6 Å². The van der Waals surface area contributed by atoms with Crippen LogP contribution < -0.4 is 5.32 Å². The van der Waals surface area contributed by atoms with Crippen molar-refractivity contribution in [2.45, 2.75) is 37.6 Å². The van der Waals surface area contributed by atoms with Gasteiger partial charge in [-0.15, -0.1) is 0 Å². The van der Waals surface area contributed by atoms with Gasteiger partial charge in [0.1, 0.15) is 0 Å². The Hall–Kier alpha value is -1.84. The van der Waals surface area contributed by atoms with E-state index in [0.29, 0.717) is 31.1 Å². The Bertz CT molecular complexity index is 612. The molecule has 0 aliphatic heterocycles. The van der Waals surface area contributed by atoms with Gasteiger partial charge in [-0.25, -0.2) is 0 Å². The third-order valence-corrected chi connectivity index (χ3v) is 5.50. The van der Waals surface area contributed by atoms with E-state index in [1.807, 2.05) is 0 Å². The number of carbonyl (C=O) groups excluding carboxylic acids is 1. The number of carboxylic acid groups (broad SMARTS) is 1. The predicted molar refractivity (Wildman–Crippen MR) is 76.8 cm³/mol. The van der Waals surface area contributed by atoms with Crippen LogP contribution in [0.25, 0.3) is 0 Å². The maximum Gasteiger partial charge on any atom is 0.306 e. The summed E-state index contributed by atoms with van der Waals surface area (Å²) in [6, 6.07) is 8.75. The standard InChI is InChI=1S/C17H19NO3/c19-16(10-5-6-11(7-10)17(20)21)18-15-13-8-9-3-1-2-4-12(9)14(13)15/h1-4,10-11,13-15H,5-8H2,(H,18,19)(H,20,21)/t10-,11+,13?,14?,15?/m0/s1. The fraction of sp³-hybridized carbons (Fsp3) is 0.529. The number of hydrogen-bond acceptors (Lipinski definition) is 2. The second kappa shape index (κ2) is 4.58. The van der Waals surface area contributed by atoms with Gasteiger partial charge < -0.3 is 10.4 Å². The number of hydrogen-bond donors (Lipinski definition) is 2. The third kappa shape index (κ3) is 2.04. The monoisotopic (exact) mass is 285 g/mol. The van der Waals surface area contributed by atoms with Gasteiger partial charge in [0, 0.05) is 17.9 Å². The van der Waals surface area contributed by atoms with E-state index in [1.165, 1.54) is 11.1 Å². The SMILES string of the molecule is O=C(O)[C@@H]1CC[C@H](C(=O)NC2C3Cc4ccccc4C32)C1. The van der Waals surface area contributed by atoms with E-state index in [9.17, 15) is 9.59 Å². The molecule has 0 saturated heterocycles. The minimum atomic E-state index is -0.762. The molecule has 2 N–H and O–H groups in total. The summed E-state index contributed by atoms with van der Waals surface area (Å²) in [4.78, 5) is 23.3. The molecule has 3 unspecified atom stereocenters. The van der Waals surface area contributed by atoms with Gasteiger partial charge in [0.15, 0.2) is 0 Å². The number of nitrogens with one attached hydrogen (secondary N) is 1. The number of amides is 1. The van der Waals surface area contributed by atoms with E-state index in [1.54, 1.807) is 0 Å². The van der Waals surface area contributed by atoms with Crippen LogP contribution in [0.4, 0.5) is 0 Å². The fourth-order valence-electron chi connectivity index (χ4n) is 4.27. The normalized spacial score (nSPS) is 35.9. The Morgan fingerprint density at radius 3 is 2.67 bits per heavy atom. The van der Waals surface area contributed by atoms with Crippen LogP contribution in [0, 0.1) is 17.8 Å². The van der Waals surface area contributed by atoms with Crippen LogP contribution in [0.1, 0.15) is 36.3 Å². The number of carboxylic acids is 1. The molecule has 21 heavy (non-hydrogen) atoms. The summed E-state index contributed by atoms with van der Waals surface area (Å²) in [6.45, 7) is 0. The van der Waals surface area contributed by atoms with E-state index < -0.39 is 5.97 Å². The first-order valence-electron chi connectivity index (χ1n) is 7.76. The van der Waals surface area contributed by atoms with Gasteiger partial charge in [-0.05, 0) is 42.7 Å². The molecule has 0 aromatic heterocycles. The summed E-state index contributed by atoms with van der Waals surface area (Å²) >= 11 is 0. The number of benzene rings is 1. The van der Waals surface area contributed by atoms with Crippen LogP contribution in [0.2, 0.25) is 0 Å². The molecule has 4 rings (SSSR count). The highest BCUT2D eigenvalue weighted by atomic mass is 16.4. The molecule has 1 amide bonds. The number of fused-ring (bicyclic) bond motifs is 3. The quantitative estimate of drug-likeness (QED) is 0.892. The zero-order valence-electron chi connectivity index (χ0n) is 11.8. The van der Waals surface area contributed by atoms with Crippen LogP contribution in [-0.2, 0) is 16.0 Å². The van der Waals surface area contributed by atoms with Crippen LogP contribution in [0.5, 0.6) is 0 Å². The van der Waals surface area contributed by atoms with Crippen molar-refractivity contribution in [3.63, 3.8) is 0 Å². The Morgan fingerprint density at radius 2 is 1.90 bits per heavy atom. The average Bonchev–Trinajstić information content (AvgIpc) is 2.89. The van der Waals surface area contributed by atoms with Crippen molar-refractivity contribution in [1.29, 1.82) is 0 Å². The fourth-order valence-corrected chi connectivity index (χ4v) is 4.27. The highest BCUT2D eigenvalue weighted by Gasteiger charge is 2.56. The van der Waals surface area contributed by atoms with Crippen molar-refractivity contribution in [3.05, 3.63) is 35.4 Å². The molecular weight excluding hydrogens is 266 g/mol. The Balaban J connectivity index is 1.37. The van der Waals surface area contributed by atoms with Crippen LogP contribution >= 0.6 is 0 Å². The van der Waals surface area contributed by atoms with Crippen molar-refractivity contribution in [2.75, 3.05) is 0 Å². The third-order valence-electron chi connectivity index (χ3n) is 5.50. The highest BCUT2D eigenvalue weighted by molar-refractivity contribution is 5.81. The zero-order chi connectivity index (χ0) is 14.6. The average molecular weight is 285 g/mol. The second-order valence-corrected chi connectivity index (χ2v) is 6.67. The van der Waals surface area contributed by atoms with Gasteiger partial charge in [-0.2, -0.15) is 0 Å². The van der Waals surface area contributed by atoms with E-state index >= 15 is 0 Å². The molecule has 0 radical (unpaired) electrons. The molecule has 1 aromatic carbocycles. The lowest BCUT2D eigenvalue weighted by Crippen LogP contribution is -2.33. The molecule has 4 nitrogen and oxygen atoms in total. The van der Waals surface area contributed by atoms with E-state index in [4.69, 9.17) is 5.11 Å². The van der Waals surface area contributed by atoms with E-state index in [-0.39, 0.29) is 23.8 Å². The van der Waals surface area contributed by atoms with Crippen molar-refractivity contribution >= 4 is 11.9 Å². The Labute approximate surface area is 123 Å². The molecule has 3 aliphatic rings. The predicted octanol–water partition coefficient (Wildman–Crippen LogP) is 1.94. The van der Waals surface area contributed by atoms with Gasteiger partial charge in [0.2, 0.25) is 5.91 Å². The molecule has 0 bridgehead atoms. The minimum Gasteiger partial charge on any atom is -0.481 e. The minimum absolute atomic E-state index is 0.0654. The lowest BCUT2D eigenvalue weighted by molar-refractivity contribution is -0.141. The van der Waals surface area contributed by atoms with Crippen LogP contribution in [0.3, 0.4) is 0 Å². The molecule has 0 heterocycles. The van der Waals surface area contributed by atoms with Gasteiger partial charge in [-0.3, -0.25) is 9.59 Å². The number of aliphatic carboxylic acids is 1. The molecule has 110 valence electrons. The molecule has 2 fully saturated rings. The summed E-state index contributed by atoms with van der Waals surface area (Å²) in [5, 5.41) is 12.2. The lowest BCUT2D eigenvalue weighted by Gasteiger charge is -2.13. The van der Waals surface area contributed by atoms with Gasteiger partial charge in [-0.1, -0.05) is 24.3 Å². The molecule has 2 saturated carbocycles. The summed E-state index contributed by atoms with van der Waals surface area (Å²) < 4.78 is 0. The molecule has 0 spiro atoms. The van der Waals surface area contributed by atoms with Crippen molar-refractivity contribution in [2.24, 2.45) is 17.8 Å². The summed E-state index contributed by atoms with van der Waals surface area (Å²) in [5.41, 5.74) is 2.81. The molecule has 3 aliphatic carbocycles. The highest BCUT2D eigenvalue weighted by Crippen LogP contribution is 2.56. The maximum absolute atomic E-state index is 12.3. The largest absolute Gasteiger partial charge is 0.481 e. The smallest absolute Gasteiger partial charge is 0.306 e. The first-order valence-corrected chi connectivity index (χ1v) is 7.76. The molecule has 1 aromatic rings. The first-order chi connectivity index (χ1) is 10.1. The summed E-state index contributed by atoms with van der Waals surface area (Å²) in [6.07, 6.45) is 2.91. The van der Waals surface area contributed by atoms with Crippen LogP contribution in [0.15, 0.2) is 24.3 Å². The number of rotatable bonds is 3. The first kappa shape index (κ1) is 12.9. The number of carbonyl (C=O) groups is 2. The summed E-state index contributed by atoms with van der Waals surface area (Å²) in [7, 11) is 0. The van der Waals surface area contributed by atoms with Crippen molar-refractivity contribution in [1.82, 2.24) is 5.32 Å². The topological polar surface area (TPSA) is 66.4 Å². The molecule has 5 atom stereocenters. The Kier molecular flexibility index (Phi) is 2.81.